The van der Waals surface area contributed by atoms with Crippen molar-refractivity contribution in [2.45, 2.75) is 13.0 Å². The van der Waals surface area contributed by atoms with Crippen molar-refractivity contribution < 1.29 is 28.5 Å². The quantitative estimate of drug-likeness (QED) is 0.717. The summed E-state index contributed by atoms with van der Waals surface area (Å²) in [5.41, 5.74) is 1.06. The van der Waals surface area contributed by atoms with Gasteiger partial charge in [0.1, 0.15) is 17.2 Å². The fourth-order valence-electron chi connectivity index (χ4n) is 2.50. The summed E-state index contributed by atoms with van der Waals surface area (Å²) in [6, 6.07) is 11.5. The number of benzene rings is 2. The molecule has 7 nitrogen and oxygen atoms in total. The van der Waals surface area contributed by atoms with Crippen LogP contribution in [-0.2, 0) is 9.53 Å². The largest absolute Gasteiger partial charge is 0.497 e. The van der Waals surface area contributed by atoms with E-state index in [9.17, 15) is 9.59 Å². The van der Waals surface area contributed by atoms with Crippen molar-refractivity contribution in [3.05, 3.63) is 53.6 Å². The van der Waals surface area contributed by atoms with Gasteiger partial charge in [0.15, 0.2) is 6.61 Å². The molecule has 0 saturated carbocycles. The molecule has 0 radical (unpaired) electrons. The summed E-state index contributed by atoms with van der Waals surface area (Å²) in [5.74, 6) is 0.778. The lowest BCUT2D eigenvalue weighted by Crippen LogP contribution is -2.31. The molecule has 0 aliphatic heterocycles. The lowest BCUT2D eigenvalue weighted by molar-refractivity contribution is -0.124. The number of nitrogens with one attached hydrogen (secondary N) is 1. The maximum atomic E-state index is 12.2. The highest BCUT2D eigenvalue weighted by Gasteiger charge is 2.17. The molecule has 0 fully saturated rings. The third kappa shape index (κ3) is 5.37. The Bertz CT molecular complexity index is 805. The Morgan fingerprint density at radius 1 is 0.963 bits per heavy atom. The minimum absolute atomic E-state index is 0.310. The molecule has 2 rings (SSSR count). The average molecular weight is 373 g/mol. The van der Waals surface area contributed by atoms with Gasteiger partial charge in [0.25, 0.3) is 5.91 Å². The van der Waals surface area contributed by atoms with Crippen LogP contribution in [-0.4, -0.2) is 39.8 Å². The van der Waals surface area contributed by atoms with E-state index in [0.29, 0.717) is 22.8 Å². The molecule has 0 unspecified atom stereocenters. The first-order valence-corrected chi connectivity index (χ1v) is 8.31. The maximum absolute atomic E-state index is 12.2. The van der Waals surface area contributed by atoms with E-state index in [0.717, 1.165) is 5.56 Å². The van der Waals surface area contributed by atoms with Crippen LogP contribution in [0.15, 0.2) is 42.5 Å². The van der Waals surface area contributed by atoms with Crippen molar-refractivity contribution in [3.8, 4) is 17.2 Å². The second-order valence-electron chi connectivity index (χ2n) is 5.71. The number of ether oxygens (including phenoxy) is 4. The van der Waals surface area contributed by atoms with Gasteiger partial charge in [-0.3, -0.25) is 4.79 Å². The molecule has 7 heteroatoms. The fraction of sp³-hybridized carbons (Fsp3) is 0.300. The number of carbonyl (C=O) groups is 2. The highest BCUT2D eigenvalue weighted by molar-refractivity contribution is 5.91. The molecule has 1 atom stereocenters. The number of hydrogen-bond donors (Lipinski definition) is 1. The smallest absolute Gasteiger partial charge is 0.338 e. The van der Waals surface area contributed by atoms with Crippen molar-refractivity contribution in [1.29, 1.82) is 0 Å². The molecular weight excluding hydrogens is 350 g/mol. The van der Waals surface area contributed by atoms with Crippen molar-refractivity contribution >= 4 is 11.9 Å². The molecule has 0 aliphatic carbocycles. The zero-order valence-electron chi connectivity index (χ0n) is 15.8. The summed E-state index contributed by atoms with van der Waals surface area (Å²) in [7, 11) is 4.62. The first-order chi connectivity index (χ1) is 13.0. The molecule has 2 aromatic rings. The van der Waals surface area contributed by atoms with Crippen LogP contribution in [0.4, 0.5) is 0 Å². The lowest BCUT2D eigenvalue weighted by atomic mass is 10.1. The summed E-state index contributed by atoms with van der Waals surface area (Å²) in [6.07, 6.45) is 0. The topological polar surface area (TPSA) is 83.1 Å². The predicted molar refractivity (Wildman–Crippen MR) is 99.4 cm³/mol. The minimum Gasteiger partial charge on any atom is -0.497 e. The van der Waals surface area contributed by atoms with Crippen LogP contribution < -0.4 is 19.5 Å². The molecule has 0 heterocycles. The Morgan fingerprint density at radius 2 is 1.67 bits per heavy atom. The fourth-order valence-corrected chi connectivity index (χ4v) is 2.50. The van der Waals surface area contributed by atoms with Gasteiger partial charge in [-0.05, 0) is 43.3 Å². The van der Waals surface area contributed by atoms with Gasteiger partial charge >= 0.3 is 5.97 Å². The van der Waals surface area contributed by atoms with Gasteiger partial charge in [-0.1, -0.05) is 6.07 Å². The van der Waals surface area contributed by atoms with Crippen LogP contribution >= 0.6 is 0 Å². The summed E-state index contributed by atoms with van der Waals surface area (Å²) >= 11 is 0. The van der Waals surface area contributed by atoms with Gasteiger partial charge in [0.05, 0.1) is 32.9 Å². The lowest BCUT2D eigenvalue weighted by Gasteiger charge is -2.18. The molecule has 0 saturated heterocycles. The number of hydrogen-bond acceptors (Lipinski definition) is 6. The first kappa shape index (κ1) is 20.1. The van der Waals surface area contributed by atoms with E-state index in [2.05, 4.69) is 5.32 Å². The molecule has 0 aliphatic rings. The number of amides is 1. The second kappa shape index (κ2) is 9.47. The van der Waals surface area contributed by atoms with Gasteiger partial charge < -0.3 is 24.3 Å². The molecule has 27 heavy (non-hydrogen) atoms. The van der Waals surface area contributed by atoms with Crippen molar-refractivity contribution in [3.63, 3.8) is 0 Å². The van der Waals surface area contributed by atoms with Gasteiger partial charge in [-0.2, -0.15) is 0 Å². The van der Waals surface area contributed by atoms with Gasteiger partial charge in [-0.15, -0.1) is 0 Å². The number of esters is 1. The molecule has 0 aromatic heterocycles. The van der Waals surface area contributed by atoms with Crippen LogP contribution in [0, 0.1) is 0 Å². The van der Waals surface area contributed by atoms with E-state index in [-0.39, 0.29) is 6.04 Å². The first-order valence-electron chi connectivity index (χ1n) is 8.31. The molecule has 0 bridgehead atoms. The summed E-state index contributed by atoms with van der Waals surface area (Å²) in [5, 5.41) is 2.78. The minimum atomic E-state index is -0.601. The van der Waals surface area contributed by atoms with Gasteiger partial charge in [0.2, 0.25) is 0 Å². The van der Waals surface area contributed by atoms with Crippen LogP contribution in [0.3, 0.4) is 0 Å². The molecule has 2 aromatic carbocycles. The van der Waals surface area contributed by atoms with E-state index >= 15 is 0 Å². The van der Waals surface area contributed by atoms with Gasteiger partial charge in [-0.25, -0.2) is 4.79 Å². The molecule has 1 amide bonds. The number of methoxy groups -OCH3 is 3. The van der Waals surface area contributed by atoms with Crippen molar-refractivity contribution in [1.82, 2.24) is 5.32 Å². The van der Waals surface area contributed by atoms with Crippen molar-refractivity contribution in [2.24, 2.45) is 0 Å². The Balaban J connectivity index is 1.96. The van der Waals surface area contributed by atoms with Crippen LogP contribution in [0.2, 0.25) is 0 Å². The Labute approximate surface area is 158 Å². The Hall–Kier alpha value is -3.22. The van der Waals surface area contributed by atoms with Crippen LogP contribution in [0.5, 0.6) is 17.2 Å². The van der Waals surface area contributed by atoms with E-state index in [1.165, 1.54) is 7.11 Å². The number of carbonyl (C=O) groups excluding carboxylic acids is 2. The predicted octanol–water partition coefficient (Wildman–Crippen LogP) is 2.75. The SMILES string of the molecule is COc1cccc(C(=O)OCC(=O)N[C@H](C)c2cc(OC)ccc2OC)c1. The van der Waals surface area contributed by atoms with Crippen LogP contribution in [0.1, 0.15) is 28.9 Å². The third-order valence-electron chi connectivity index (χ3n) is 3.92. The van der Waals surface area contributed by atoms with Gasteiger partial charge in [0, 0.05) is 5.56 Å². The van der Waals surface area contributed by atoms with E-state index in [4.69, 9.17) is 18.9 Å². The van der Waals surface area contributed by atoms with Crippen LogP contribution in [0.25, 0.3) is 0 Å². The Morgan fingerprint density at radius 3 is 2.33 bits per heavy atom. The van der Waals surface area contributed by atoms with E-state index in [1.54, 1.807) is 63.6 Å². The zero-order chi connectivity index (χ0) is 19.8. The Kier molecular flexibility index (Phi) is 7.05. The summed E-state index contributed by atoms with van der Waals surface area (Å²) in [6.45, 7) is 1.41. The summed E-state index contributed by atoms with van der Waals surface area (Å²) < 4.78 is 20.7. The molecular formula is C20H23NO6. The second-order valence-corrected chi connectivity index (χ2v) is 5.71. The molecule has 1 N–H and O–H groups in total. The molecule has 0 spiro atoms. The van der Waals surface area contributed by atoms with E-state index < -0.39 is 18.5 Å². The highest BCUT2D eigenvalue weighted by atomic mass is 16.5. The average Bonchev–Trinajstić information content (AvgIpc) is 2.71. The number of rotatable bonds is 8. The maximum Gasteiger partial charge on any atom is 0.338 e. The third-order valence-corrected chi connectivity index (χ3v) is 3.92. The zero-order valence-corrected chi connectivity index (χ0v) is 15.8. The molecule has 144 valence electrons. The normalized spacial score (nSPS) is 11.3. The van der Waals surface area contributed by atoms with Crippen molar-refractivity contribution in [2.75, 3.05) is 27.9 Å². The summed E-state index contributed by atoms with van der Waals surface area (Å²) in [4.78, 5) is 24.2. The highest BCUT2D eigenvalue weighted by Crippen LogP contribution is 2.29. The monoisotopic (exact) mass is 373 g/mol. The standard InChI is InChI=1S/C20H23NO6/c1-13(17-11-16(25-3)8-9-18(17)26-4)21-19(22)12-27-20(23)14-6-5-7-15(10-14)24-2/h5-11,13H,12H2,1-4H3,(H,21,22)/t13-/m1/s1. The van der Waals surface area contributed by atoms with E-state index in [1.807, 2.05) is 0 Å².